The van der Waals surface area contributed by atoms with Gasteiger partial charge >= 0.3 is 11.9 Å². The molecule has 0 aromatic rings. The van der Waals surface area contributed by atoms with Gasteiger partial charge in [0.05, 0.1) is 12.5 Å². The second-order valence-electron chi connectivity index (χ2n) is 4.58. The highest BCUT2D eigenvalue weighted by atomic mass is 32.2. The van der Waals surface area contributed by atoms with Crippen LogP contribution < -0.4 is 4.72 Å². The Morgan fingerprint density at radius 2 is 2.05 bits per heavy atom. The summed E-state index contributed by atoms with van der Waals surface area (Å²) in [6.07, 6.45) is 2.07. The molecule has 2 unspecified atom stereocenters. The number of nitrogens with one attached hydrogen (secondary N) is 1. The molecule has 2 N–H and O–H groups in total. The van der Waals surface area contributed by atoms with Crippen LogP contribution in [0.4, 0.5) is 0 Å². The maximum absolute atomic E-state index is 11.7. The topological polar surface area (TPSA) is 110 Å². The molecule has 0 aromatic carbocycles. The Bertz CT molecular complexity index is 432. The highest BCUT2D eigenvalue weighted by Crippen LogP contribution is 2.24. The van der Waals surface area contributed by atoms with Crippen LogP contribution in [0.5, 0.6) is 0 Å². The molecule has 1 rings (SSSR count). The number of carbonyl (C=O) groups is 2. The SMILES string of the molecule is CCOC(=O)CS(=O)(=O)NC1CCCC(C(=O)O)C1. The lowest BCUT2D eigenvalue weighted by molar-refractivity contribution is -0.143. The Hall–Kier alpha value is -1.15. The van der Waals surface area contributed by atoms with E-state index in [9.17, 15) is 18.0 Å². The number of carboxylic acid groups (broad SMARTS) is 1. The molecule has 110 valence electrons. The zero-order chi connectivity index (χ0) is 14.5. The van der Waals surface area contributed by atoms with Gasteiger partial charge in [0, 0.05) is 6.04 Å². The summed E-state index contributed by atoms with van der Waals surface area (Å²) in [6, 6.07) is -0.422. The quantitative estimate of drug-likeness (QED) is 0.673. The lowest BCUT2D eigenvalue weighted by Crippen LogP contribution is -2.42. The van der Waals surface area contributed by atoms with E-state index in [1.54, 1.807) is 6.92 Å². The zero-order valence-electron chi connectivity index (χ0n) is 10.8. The van der Waals surface area contributed by atoms with E-state index in [2.05, 4.69) is 9.46 Å². The molecule has 8 heteroatoms. The van der Waals surface area contributed by atoms with E-state index in [-0.39, 0.29) is 13.0 Å². The summed E-state index contributed by atoms with van der Waals surface area (Å²) in [5, 5.41) is 8.92. The van der Waals surface area contributed by atoms with Crippen LogP contribution in [0, 0.1) is 5.92 Å². The van der Waals surface area contributed by atoms with Gasteiger partial charge in [-0.3, -0.25) is 9.59 Å². The van der Waals surface area contributed by atoms with Crippen LogP contribution in [0.25, 0.3) is 0 Å². The summed E-state index contributed by atoms with van der Waals surface area (Å²) < 4.78 is 30.4. The first-order chi connectivity index (χ1) is 8.84. The Labute approximate surface area is 112 Å². The van der Waals surface area contributed by atoms with E-state index in [1.807, 2.05) is 0 Å². The molecule has 2 atom stereocenters. The maximum atomic E-state index is 11.7. The van der Waals surface area contributed by atoms with Crippen molar-refractivity contribution in [2.45, 2.75) is 38.6 Å². The largest absolute Gasteiger partial charge is 0.481 e. The van der Waals surface area contributed by atoms with Gasteiger partial charge in [-0.05, 0) is 26.2 Å². The Morgan fingerprint density at radius 3 is 2.63 bits per heavy atom. The first-order valence-electron chi connectivity index (χ1n) is 6.22. The average Bonchev–Trinajstić information content (AvgIpc) is 2.27. The normalized spacial score (nSPS) is 23.8. The fourth-order valence-corrected chi connectivity index (χ4v) is 3.37. The fraction of sp³-hybridized carbons (Fsp3) is 0.818. The average molecular weight is 293 g/mol. The summed E-state index contributed by atoms with van der Waals surface area (Å²) >= 11 is 0. The number of esters is 1. The van der Waals surface area contributed by atoms with Crippen LogP contribution in [-0.2, 0) is 24.3 Å². The van der Waals surface area contributed by atoms with E-state index in [1.165, 1.54) is 0 Å². The molecule has 0 spiro atoms. The Balaban J connectivity index is 2.53. The third kappa shape index (κ3) is 5.56. The number of hydrogen-bond acceptors (Lipinski definition) is 5. The summed E-state index contributed by atoms with van der Waals surface area (Å²) in [5.41, 5.74) is 0. The number of aliphatic carboxylic acids is 1. The standard InChI is InChI=1S/C11H19NO6S/c1-2-18-10(13)7-19(16,17)12-9-5-3-4-8(6-9)11(14)15/h8-9,12H,2-7H2,1H3,(H,14,15). The summed E-state index contributed by atoms with van der Waals surface area (Å²) in [7, 11) is -3.77. The van der Waals surface area contributed by atoms with Crippen molar-refractivity contribution in [1.82, 2.24) is 4.72 Å². The third-order valence-corrected chi connectivity index (χ3v) is 4.29. The number of sulfonamides is 1. The van der Waals surface area contributed by atoms with Crippen molar-refractivity contribution in [3.05, 3.63) is 0 Å². The minimum absolute atomic E-state index is 0.124. The van der Waals surface area contributed by atoms with E-state index < -0.39 is 39.7 Å². The van der Waals surface area contributed by atoms with Crippen LogP contribution in [0.1, 0.15) is 32.6 Å². The molecule has 1 fully saturated rings. The van der Waals surface area contributed by atoms with Gasteiger partial charge in [0.25, 0.3) is 0 Å². The van der Waals surface area contributed by atoms with Gasteiger partial charge in [0.15, 0.2) is 5.75 Å². The second kappa shape index (κ2) is 6.85. The summed E-state index contributed by atoms with van der Waals surface area (Å²) in [4.78, 5) is 22.0. The molecule has 0 saturated heterocycles. The van der Waals surface area contributed by atoms with E-state index in [0.29, 0.717) is 19.3 Å². The van der Waals surface area contributed by atoms with Gasteiger partial charge in [-0.1, -0.05) is 6.42 Å². The van der Waals surface area contributed by atoms with Crippen molar-refractivity contribution >= 4 is 22.0 Å². The molecular weight excluding hydrogens is 274 g/mol. The molecule has 1 aliphatic carbocycles. The smallest absolute Gasteiger partial charge is 0.322 e. The molecule has 0 radical (unpaired) electrons. The summed E-state index contributed by atoms with van der Waals surface area (Å²) in [6.45, 7) is 1.72. The van der Waals surface area contributed by atoms with E-state index in [4.69, 9.17) is 5.11 Å². The molecule has 0 amide bonds. The highest BCUT2D eigenvalue weighted by Gasteiger charge is 2.30. The Kier molecular flexibility index (Phi) is 5.74. The van der Waals surface area contributed by atoms with Crippen LogP contribution >= 0.6 is 0 Å². The molecule has 19 heavy (non-hydrogen) atoms. The first-order valence-corrected chi connectivity index (χ1v) is 7.87. The van der Waals surface area contributed by atoms with Gasteiger partial charge in [-0.2, -0.15) is 0 Å². The number of rotatable bonds is 6. The van der Waals surface area contributed by atoms with Gasteiger partial charge in [-0.25, -0.2) is 13.1 Å². The summed E-state index contributed by atoms with van der Waals surface area (Å²) in [5.74, 6) is -2.96. The second-order valence-corrected chi connectivity index (χ2v) is 6.33. The predicted molar refractivity (Wildman–Crippen MR) is 66.9 cm³/mol. The molecule has 1 saturated carbocycles. The monoisotopic (exact) mass is 293 g/mol. The minimum Gasteiger partial charge on any atom is -0.481 e. The van der Waals surface area contributed by atoms with Crippen molar-refractivity contribution in [2.75, 3.05) is 12.4 Å². The van der Waals surface area contributed by atoms with Crippen molar-refractivity contribution in [3.63, 3.8) is 0 Å². The van der Waals surface area contributed by atoms with E-state index >= 15 is 0 Å². The van der Waals surface area contributed by atoms with Crippen LogP contribution in [0.15, 0.2) is 0 Å². The maximum Gasteiger partial charge on any atom is 0.322 e. The number of carbonyl (C=O) groups excluding carboxylic acids is 1. The number of ether oxygens (including phenoxy) is 1. The molecule has 7 nitrogen and oxygen atoms in total. The molecule has 0 aliphatic heterocycles. The minimum atomic E-state index is -3.77. The van der Waals surface area contributed by atoms with Gasteiger partial charge < -0.3 is 9.84 Å². The third-order valence-electron chi connectivity index (χ3n) is 2.98. The van der Waals surface area contributed by atoms with E-state index in [0.717, 1.165) is 0 Å². The molecule has 1 aliphatic rings. The molecule has 0 heterocycles. The van der Waals surface area contributed by atoms with Gasteiger partial charge in [0.1, 0.15) is 0 Å². The lowest BCUT2D eigenvalue weighted by Gasteiger charge is -2.26. The first kappa shape index (κ1) is 15.9. The zero-order valence-corrected chi connectivity index (χ0v) is 11.6. The molecule has 0 bridgehead atoms. The fourth-order valence-electron chi connectivity index (χ4n) is 2.17. The molecular formula is C11H19NO6S. The predicted octanol–water partition coefficient (Wildman–Crippen LogP) is 0.112. The van der Waals surface area contributed by atoms with Crippen molar-refractivity contribution in [1.29, 1.82) is 0 Å². The van der Waals surface area contributed by atoms with Gasteiger partial charge in [0.2, 0.25) is 10.0 Å². The number of hydrogen-bond donors (Lipinski definition) is 2. The van der Waals surface area contributed by atoms with Gasteiger partial charge in [-0.15, -0.1) is 0 Å². The van der Waals surface area contributed by atoms with Crippen LogP contribution in [0.3, 0.4) is 0 Å². The molecule has 0 aromatic heterocycles. The van der Waals surface area contributed by atoms with Crippen molar-refractivity contribution in [2.24, 2.45) is 5.92 Å². The Morgan fingerprint density at radius 1 is 1.37 bits per heavy atom. The highest BCUT2D eigenvalue weighted by molar-refractivity contribution is 7.90. The van der Waals surface area contributed by atoms with Crippen molar-refractivity contribution < 1.29 is 27.9 Å². The van der Waals surface area contributed by atoms with Crippen LogP contribution in [-0.4, -0.2) is 43.9 Å². The van der Waals surface area contributed by atoms with Crippen LogP contribution in [0.2, 0.25) is 0 Å². The lowest BCUT2D eigenvalue weighted by atomic mass is 9.86. The number of carboxylic acids is 1. The van der Waals surface area contributed by atoms with Crippen molar-refractivity contribution in [3.8, 4) is 0 Å².